The molecule has 0 aliphatic carbocycles. The Kier molecular flexibility index (Phi) is 9.51. The van der Waals surface area contributed by atoms with Gasteiger partial charge in [0.2, 0.25) is 15.9 Å². The molecule has 0 N–H and O–H groups in total. The normalized spacial score (nSPS) is 15.7. The van der Waals surface area contributed by atoms with Gasteiger partial charge in [0.1, 0.15) is 12.4 Å². The summed E-state index contributed by atoms with van der Waals surface area (Å²) in [6.07, 6.45) is 1.43. The van der Waals surface area contributed by atoms with E-state index in [1.807, 2.05) is 24.0 Å². The van der Waals surface area contributed by atoms with E-state index < -0.39 is 10.0 Å². The Morgan fingerprint density at radius 3 is 2.38 bits per heavy atom. The van der Waals surface area contributed by atoms with Gasteiger partial charge in [-0.3, -0.25) is 4.79 Å². The Bertz CT molecular complexity index is 1350. The maximum Gasteiger partial charge on any atom is 0.243 e. The zero-order valence-electron chi connectivity index (χ0n) is 23.6. The predicted octanol–water partition coefficient (Wildman–Crippen LogP) is 6.42. The predicted molar refractivity (Wildman–Crippen MR) is 158 cm³/mol. The standard InChI is InChI=1S/C31H40N2O4S2/c1-22(2)14-17-32(39(35,36)27-12-6-24(5)7-13-27)20-31(34)33-18-15-30-28(16-19-38-30)29(33)21-37-26-10-8-25(9-11-26)23(3)4/h6-13,16,19,22-23,29H,14-15,17-18,20-21H2,1-5H3/t29-/m0/s1. The van der Waals surface area contributed by atoms with Crippen LogP contribution in [0.4, 0.5) is 0 Å². The summed E-state index contributed by atoms with van der Waals surface area (Å²) < 4.78 is 34.8. The highest BCUT2D eigenvalue weighted by atomic mass is 32.2. The molecule has 0 fully saturated rings. The average Bonchev–Trinajstić information content (AvgIpc) is 3.39. The number of carbonyl (C=O) groups is 1. The number of benzene rings is 2. The van der Waals surface area contributed by atoms with Gasteiger partial charge in [-0.25, -0.2) is 8.42 Å². The Morgan fingerprint density at radius 2 is 1.74 bits per heavy atom. The van der Waals surface area contributed by atoms with Crippen LogP contribution in [0.5, 0.6) is 5.75 Å². The second kappa shape index (κ2) is 12.7. The maximum absolute atomic E-state index is 13.8. The van der Waals surface area contributed by atoms with Crippen molar-refractivity contribution in [2.45, 2.75) is 64.3 Å². The van der Waals surface area contributed by atoms with Crippen LogP contribution in [-0.4, -0.2) is 49.8 Å². The average molecular weight is 569 g/mol. The molecule has 1 amide bonds. The molecule has 0 saturated carbocycles. The molecule has 39 heavy (non-hydrogen) atoms. The van der Waals surface area contributed by atoms with Gasteiger partial charge in [0.15, 0.2) is 0 Å². The first-order valence-electron chi connectivity index (χ1n) is 13.7. The van der Waals surface area contributed by atoms with Gasteiger partial charge in [-0.1, -0.05) is 57.5 Å². The molecule has 0 radical (unpaired) electrons. The molecule has 2 heterocycles. The molecule has 0 bridgehead atoms. The number of nitrogens with zero attached hydrogens (tertiary/aromatic N) is 2. The van der Waals surface area contributed by atoms with Crippen molar-refractivity contribution in [1.29, 1.82) is 0 Å². The molecule has 0 unspecified atom stereocenters. The lowest BCUT2D eigenvalue weighted by molar-refractivity contribution is -0.135. The number of carbonyl (C=O) groups excluding carboxylic acids is 1. The number of hydrogen-bond acceptors (Lipinski definition) is 5. The highest BCUT2D eigenvalue weighted by molar-refractivity contribution is 7.89. The molecule has 8 heteroatoms. The molecule has 0 saturated heterocycles. The first-order chi connectivity index (χ1) is 18.6. The number of hydrogen-bond donors (Lipinski definition) is 0. The van der Waals surface area contributed by atoms with E-state index in [1.165, 1.54) is 14.7 Å². The third kappa shape index (κ3) is 7.10. The summed E-state index contributed by atoms with van der Waals surface area (Å²) in [5.41, 5.74) is 3.32. The Morgan fingerprint density at radius 1 is 1.05 bits per heavy atom. The van der Waals surface area contributed by atoms with Crippen molar-refractivity contribution in [3.8, 4) is 5.75 Å². The minimum atomic E-state index is -3.82. The van der Waals surface area contributed by atoms with Crippen LogP contribution in [0.25, 0.3) is 0 Å². The Labute approximate surface area is 237 Å². The number of sulfonamides is 1. The molecule has 6 nitrogen and oxygen atoms in total. The molecule has 1 aliphatic heterocycles. The Balaban J connectivity index is 1.55. The Hall–Kier alpha value is -2.68. The number of thiophene rings is 1. The lowest BCUT2D eigenvalue weighted by Crippen LogP contribution is -2.48. The minimum Gasteiger partial charge on any atom is -0.491 e. The summed E-state index contributed by atoms with van der Waals surface area (Å²) in [6.45, 7) is 11.3. The van der Waals surface area contributed by atoms with E-state index in [0.29, 0.717) is 38.0 Å². The van der Waals surface area contributed by atoms with E-state index in [2.05, 4.69) is 51.3 Å². The summed E-state index contributed by atoms with van der Waals surface area (Å²) in [4.78, 5) is 17.1. The van der Waals surface area contributed by atoms with E-state index in [1.54, 1.807) is 35.6 Å². The number of rotatable bonds is 11. The van der Waals surface area contributed by atoms with Crippen LogP contribution in [0.15, 0.2) is 64.9 Å². The van der Waals surface area contributed by atoms with Crippen molar-refractivity contribution in [3.63, 3.8) is 0 Å². The number of fused-ring (bicyclic) bond motifs is 1. The summed E-state index contributed by atoms with van der Waals surface area (Å²) in [7, 11) is -3.82. The molecule has 1 atom stereocenters. The molecule has 3 aromatic rings. The van der Waals surface area contributed by atoms with Crippen LogP contribution in [0.3, 0.4) is 0 Å². The zero-order valence-corrected chi connectivity index (χ0v) is 25.2. The molecule has 210 valence electrons. The third-order valence-electron chi connectivity index (χ3n) is 7.30. The van der Waals surface area contributed by atoms with Crippen LogP contribution in [-0.2, 0) is 21.2 Å². The third-order valence-corrected chi connectivity index (χ3v) is 10.2. The fourth-order valence-corrected chi connectivity index (χ4v) is 7.12. The lowest BCUT2D eigenvalue weighted by Gasteiger charge is -2.37. The first kappa shape index (κ1) is 29.3. The number of amides is 1. The zero-order chi connectivity index (χ0) is 28.2. The van der Waals surface area contributed by atoms with Crippen molar-refractivity contribution in [2.24, 2.45) is 5.92 Å². The first-order valence-corrected chi connectivity index (χ1v) is 16.0. The van der Waals surface area contributed by atoms with Crippen molar-refractivity contribution in [3.05, 3.63) is 81.5 Å². The van der Waals surface area contributed by atoms with Gasteiger partial charge in [0.25, 0.3) is 0 Å². The summed E-state index contributed by atoms with van der Waals surface area (Å²) >= 11 is 1.70. The van der Waals surface area contributed by atoms with Crippen molar-refractivity contribution < 1.29 is 17.9 Å². The molecular weight excluding hydrogens is 528 g/mol. The van der Waals surface area contributed by atoms with Gasteiger partial charge in [0.05, 0.1) is 17.5 Å². The topological polar surface area (TPSA) is 66.9 Å². The van der Waals surface area contributed by atoms with Gasteiger partial charge >= 0.3 is 0 Å². The molecule has 4 rings (SSSR count). The largest absolute Gasteiger partial charge is 0.491 e. The maximum atomic E-state index is 13.8. The number of ether oxygens (including phenoxy) is 1. The second-order valence-electron chi connectivity index (χ2n) is 11.0. The van der Waals surface area contributed by atoms with Crippen LogP contribution in [0.2, 0.25) is 0 Å². The van der Waals surface area contributed by atoms with Crippen LogP contribution >= 0.6 is 11.3 Å². The molecule has 1 aliphatic rings. The van der Waals surface area contributed by atoms with Crippen LogP contribution < -0.4 is 4.74 Å². The van der Waals surface area contributed by atoms with Gasteiger partial charge in [0, 0.05) is 18.0 Å². The molecule has 0 spiro atoms. The fourth-order valence-electron chi connectivity index (χ4n) is 4.79. The quantitative estimate of drug-likeness (QED) is 0.268. The smallest absolute Gasteiger partial charge is 0.243 e. The van der Waals surface area contributed by atoms with Gasteiger partial charge in [-0.05, 0) is 78.4 Å². The van der Waals surface area contributed by atoms with E-state index in [4.69, 9.17) is 4.74 Å². The van der Waals surface area contributed by atoms with Crippen molar-refractivity contribution in [1.82, 2.24) is 9.21 Å². The molecule has 1 aromatic heterocycles. The van der Waals surface area contributed by atoms with Crippen LogP contribution in [0, 0.1) is 12.8 Å². The van der Waals surface area contributed by atoms with Gasteiger partial charge < -0.3 is 9.64 Å². The van der Waals surface area contributed by atoms with E-state index >= 15 is 0 Å². The van der Waals surface area contributed by atoms with Gasteiger partial charge in [-0.2, -0.15) is 4.31 Å². The fraction of sp³-hybridized carbons (Fsp3) is 0.452. The summed E-state index contributed by atoms with van der Waals surface area (Å²) in [5, 5.41) is 2.06. The van der Waals surface area contributed by atoms with E-state index in [0.717, 1.165) is 23.3 Å². The van der Waals surface area contributed by atoms with Crippen molar-refractivity contribution >= 4 is 27.3 Å². The summed E-state index contributed by atoms with van der Waals surface area (Å²) in [6, 6.07) is 16.7. The lowest BCUT2D eigenvalue weighted by atomic mass is 10.0. The van der Waals surface area contributed by atoms with E-state index in [-0.39, 0.29) is 23.4 Å². The highest BCUT2D eigenvalue weighted by Gasteiger charge is 2.35. The van der Waals surface area contributed by atoms with E-state index in [9.17, 15) is 13.2 Å². The summed E-state index contributed by atoms with van der Waals surface area (Å²) in [5.74, 6) is 1.31. The van der Waals surface area contributed by atoms with Crippen LogP contribution in [0.1, 0.15) is 67.6 Å². The molecular formula is C31H40N2O4S2. The SMILES string of the molecule is Cc1ccc(S(=O)(=O)N(CCC(C)C)CC(=O)N2CCc3sccc3[C@@H]2COc2ccc(C(C)C)cc2)cc1. The van der Waals surface area contributed by atoms with Crippen molar-refractivity contribution in [2.75, 3.05) is 26.2 Å². The second-order valence-corrected chi connectivity index (χ2v) is 14.0. The molecule has 2 aromatic carbocycles. The van der Waals surface area contributed by atoms with Gasteiger partial charge in [-0.15, -0.1) is 11.3 Å². The highest BCUT2D eigenvalue weighted by Crippen LogP contribution is 2.34. The minimum absolute atomic E-state index is 0.192. The monoisotopic (exact) mass is 568 g/mol. The number of aryl methyl sites for hydroxylation is 1.